The fourth-order valence-electron chi connectivity index (χ4n) is 4.82. The summed E-state index contributed by atoms with van der Waals surface area (Å²) in [5.41, 5.74) is 3.56. The van der Waals surface area contributed by atoms with Crippen LogP contribution in [-0.4, -0.2) is 41.4 Å². The SMILES string of the molecule is Cn1cnc(S(=O)(=O)N2C[C@H](NC3CCc4ccccc43)[C@@H](c3ccc(F)cc3)C2)c1. The van der Waals surface area contributed by atoms with E-state index in [-0.39, 0.29) is 28.8 Å². The Morgan fingerprint density at radius 2 is 1.87 bits per heavy atom. The third kappa shape index (κ3) is 3.79. The van der Waals surface area contributed by atoms with E-state index in [2.05, 4.69) is 28.5 Å². The minimum absolute atomic E-state index is 0.0553. The zero-order valence-electron chi connectivity index (χ0n) is 17.3. The van der Waals surface area contributed by atoms with Gasteiger partial charge in [0, 0.05) is 44.3 Å². The quantitative estimate of drug-likeness (QED) is 0.662. The molecule has 1 aliphatic carbocycles. The monoisotopic (exact) mass is 440 g/mol. The molecule has 0 amide bonds. The van der Waals surface area contributed by atoms with Crippen LogP contribution in [0.1, 0.15) is 35.1 Å². The molecule has 8 heteroatoms. The summed E-state index contributed by atoms with van der Waals surface area (Å²) in [6, 6.07) is 14.9. The first kappa shape index (κ1) is 20.4. The Hall–Kier alpha value is -2.55. The molecule has 0 radical (unpaired) electrons. The third-order valence-electron chi connectivity index (χ3n) is 6.42. The molecule has 5 rings (SSSR count). The molecule has 1 unspecified atom stereocenters. The number of aromatic nitrogens is 2. The highest BCUT2D eigenvalue weighted by atomic mass is 32.2. The van der Waals surface area contributed by atoms with Crippen molar-refractivity contribution in [2.45, 2.75) is 35.9 Å². The lowest BCUT2D eigenvalue weighted by Crippen LogP contribution is -2.38. The van der Waals surface area contributed by atoms with E-state index < -0.39 is 10.0 Å². The molecule has 1 saturated heterocycles. The van der Waals surface area contributed by atoms with Crippen molar-refractivity contribution in [2.75, 3.05) is 13.1 Å². The second-order valence-corrected chi connectivity index (χ2v) is 10.3. The van der Waals surface area contributed by atoms with Crippen molar-refractivity contribution in [1.29, 1.82) is 0 Å². The molecule has 2 aliphatic rings. The lowest BCUT2D eigenvalue weighted by molar-refractivity contribution is 0.412. The molecular formula is C23H25FN4O2S. The van der Waals surface area contributed by atoms with E-state index in [1.54, 1.807) is 23.7 Å². The number of nitrogens with zero attached hydrogens (tertiary/aromatic N) is 3. The minimum atomic E-state index is -3.71. The number of halogens is 1. The van der Waals surface area contributed by atoms with Crippen LogP contribution in [0, 0.1) is 5.82 Å². The van der Waals surface area contributed by atoms with Crippen molar-refractivity contribution in [2.24, 2.45) is 7.05 Å². The summed E-state index contributed by atoms with van der Waals surface area (Å²) < 4.78 is 43.1. The van der Waals surface area contributed by atoms with Gasteiger partial charge in [-0.15, -0.1) is 0 Å². The van der Waals surface area contributed by atoms with Crippen LogP contribution < -0.4 is 5.32 Å². The average Bonchev–Trinajstić information content (AvgIpc) is 3.48. The van der Waals surface area contributed by atoms with Crippen molar-refractivity contribution in [3.05, 3.63) is 83.6 Å². The number of imidazole rings is 1. The van der Waals surface area contributed by atoms with Gasteiger partial charge in [0.1, 0.15) is 5.82 Å². The maximum atomic E-state index is 13.5. The fraction of sp³-hybridized carbons (Fsp3) is 0.348. The number of nitrogens with one attached hydrogen (secondary N) is 1. The van der Waals surface area contributed by atoms with Gasteiger partial charge in [-0.2, -0.15) is 4.31 Å². The number of rotatable bonds is 5. The highest BCUT2D eigenvalue weighted by molar-refractivity contribution is 7.89. The molecule has 3 aromatic rings. The molecule has 162 valence electrons. The highest BCUT2D eigenvalue weighted by Crippen LogP contribution is 2.36. The van der Waals surface area contributed by atoms with Crippen LogP contribution in [0.5, 0.6) is 0 Å². The molecular weight excluding hydrogens is 415 g/mol. The predicted molar refractivity (Wildman–Crippen MR) is 116 cm³/mol. The maximum absolute atomic E-state index is 13.5. The van der Waals surface area contributed by atoms with Crippen LogP contribution in [0.15, 0.2) is 66.1 Å². The van der Waals surface area contributed by atoms with Gasteiger partial charge in [0.25, 0.3) is 10.0 Å². The Balaban J connectivity index is 1.45. The van der Waals surface area contributed by atoms with Crippen LogP contribution in [0.2, 0.25) is 0 Å². The second kappa shape index (κ2) is 7.85. The lowest BCUT2D eigenvalue weighted by atomic mass is 9.93. The van der Waals surface area contributed by atoms with Gasteiger partial charge in [-0.25, -0.2) is 17.8 Å². The van der Waals surface area contributed by atoms with E-state index in [9.17, 15) is 12.8 Å². The van der Waals surface area contributed by atoms with E-state index in [4.69, 9.17) is 0 Å². The van der Waals surface area contributed by atoms with Gasteiger partial charge in [-0.3, -0.25) is 0 Å². The number of benzene rings is 2. The molecule has 1 N–H and O–H groups in total. The van der Waals surface area contributed by atoms with Gasteiger partial charge in [-0.05, 0) is 41.7 Å². The van der Waals surface area contributed by atoms with Gasteiger partial charge >= 0.3 is 0 Å². The van der Waals surface area contributed by atoms with Crippen LogP contribution in [0.3, 0.4) is 0 Å². The van der Waals surface area contributed by atoms with Crippen molar-refractivity contribution in [1.82, 2.24) is 19.2 Å². The van der Waals surface area contributed by atoms with Crippen LogP contribution >= 0.6 is 0 Å². The molecule has 6 nitrogen and oxygen atoms in total. The van der Waals surface area contributed by atoms with E-state index in [1.165, 1.54) is 40.1 Å². The van der Waals surface area contributed by atoms with Crippen molar-refractivity contribution in [3.63, 3.8) is 0 Å². The number of fused-ring (bicyclic) bond motifs is 1. The number of hydrogen-bond acceptors (Lipinski definition) is 4. The lowest BCUT2D eigenvalue weighted by Gasteiger charge is -2.25. The summed E-state index contributed by atoms with van der Waals surface area (Å²) in [6.45, 7) is 0.677. The molecule has 0 spiro atoms. The smallest absolute Gasteiger partial charge is 0.262 e. The first-order valence-corrected chi connectivity index (χ1v) is 11.9. The van der Waals surface area contributed by atoms with E-state index in [1.807, 2.05) is 6.07 Å². The van der Waals surface area contributed by atoms with E-state index >= 15 is 0 Å². The highest BCUT2D eigenvalue weighted by Gasteiger charge is 2.42. The summed E-state index contributed by atoms with van der Waals surface area (Å²) in [4.78, 5) is 4.06. The van der Waals surface area contributed by atoms with Crippen molar-refractivity contribution < 1.29 is 12.8 Å². The van der Waals surface area contributed by atoms with Crippen molar-refractivity contribution in [3.8, 4) is 0 Å². The third-order valence-corrected chi connectivity index (χ3v) is 8.14. The summed E-state index contributed by atoms with van der Waals surface area (Å²) in [7, 11) is -1.96. The zero-order chi connectivity index (χ0) is 21.6. The summed E-state index contributed by atoms with van der Waals surface area (Å²) in [5, 5.41) is 3.79. The Bertz CT molecular complexity index is 1190. The first-order valence-electron chi connectivity index (χ1n) is 10.5. The Morgan fingerprint density at radius 1 is 1.10 bits per heavy atom. The zero-order valence-corrected chi connectivity index (χ0v) is 18.1. The van der Waals surface area contributed by atoms with Crippen molar-refractivity contribution >= 4 is 10.0 Å². The standard InChI is InChI=1S/C23H25FN4O2S/c1-27-14-23(25-15-27)31(29,30)28-12-20(17-6-9-18(24)10-7-17)22(13-28)26-21-11-8-16-4-2-3-5-19(16)21/h2-7,9-10,14-15,20-22,26H,8,11-13H2,1H3/t20-,21?,22+/m1/s1. The maximum Gasteiger partial charge on any atom is 0.262 e. The van der Waals surface area contributed by atoms with E-state index in [0.29, 0.717) is 13.1 Å². The second-order valence-electron chi connectivity index (χ2n) is 8.42. The van der Waals surface area contributed by atoms with Crippen LogP contribution in [0.25, 0.3) is 0 Å². The number of sulfonamides is 1. The Kier molecular flexibility index (Phi) is 5.16. The van der Waals surface area contributed by atoms with Gasteiger partial charge < -0.3 is 9.88 Å². The molecule has 1 fully saturated rings. The first-order chi connectivity index (χ1) is 14.9. The summed E-state index contributed by atoms with van der Waals surface area (Å²) in [5.74, 6) is -0.374. The van der Waals surface area contributed by atoms with Crippen LogP contribution in [0.4, 0.5) is 4.39 Å². The Morgan fingerprint density at radius 3 is 2.61 bits per heavy atom. The molecule has 3 atom stereocenters. The topological polar surface area (TPSA) is 67.2 Å². The molecule has 31 heavy (non-hydrogen) atoms. The van der Waals surface area contributed by atoms with Gasteiger partial charge in [0.05, 0.1) is 6.33 Å². The Labute approximate surface area is 181 Å². The van der Waals surface area contributed by atoms with Gasteiger partial charge in [-0.1, -0.05) is 36.4 Å². The molecule has 2 heterocycles. The van der Waals surface area contributed by atoms with Gasteiger partial charge in [0.15, 0.2) is 5.03 Å². The molecule has 2 aromatic carbocycles. The summed E-state index contributed by atoms with van der Waals surface area (Å²) in [6.07, 6.45) is 5.01. The fourth-order valence-corrected chi connectivity index (χ4v) is 6.28. The normalized spacial score (nSPS) is 23.9. The van der Waals surface area contributed by atoms with E-state index in [0.717, 1.165) is 18.4 Å². The van der Waals surface area contributed by atoms with Crippen LogP contribution in [-0.2, 0) is 23.5 Å². The largest absolute Gasteiger partial charge is 0.339 e. The number of hydrogen-bond donors (Lipinski definition) is 1. The average molecular weight is 441 g/mol. The molecule has 1 aliphatic heterocycles. The molecule has 1 aromatic heterocycles. The summed E-state index contributed by atoms with van der Waals surface area (Å²) >= 11 is 0. The minimum Gasteiger partial charge on any atom is -0.339 e. The molecule has 0 bridgehead atoms. The number of aryl methyl sites for hydroxylation is 2. The van der Waals surface area contributed by atoms with Gasteiger partial charge in [0.2, 0.25) is 0 Å². The molecule has 0 saturated carbocycles. The predicted octanol–water partition coefficient (Wildman–Crippen LogP) is 2.99.